The first-order valence-corrected chi connectivity index (χ1v) is 9.83. The zero-order valence-corrected chi connectivity index (χ0v) is 16.3. The van der Waals surface area contributed by atoms with E-state index in [9.17, 15) is 4.79 Å². The monoisotopic (exact) mass is 399 g/mol. The van der Waals surface area contributed by atoms with Gasteiger partial charge in [0.2, 0.25) is 5.91 Å². The Morgan fingerprint density at radius 1 is 1.19 bits per heavy atom. The molecule has 0 fully saturated rings. The molecular weight excluding hydrogens is 382 g/mol. The van der Waals surface area contributed by atoms with E-state index in [1.54, 1.807) is 18.4 Å². The van der Waals surface area contributed by atoms with Crippen molar-refractivity contribution >= 4 is 34.5 Å². The van der Waals surface area contributed by atoms with Crippen molar-refractivity contribution in [3.8, 4) is 11.5 Å². The van der Waals surface area contributed by atoms with Crippen molar-refractivity contribution in [3.05, 3.63) is 74.9 Å². The molecule has 4 nitrogen and oxygen atoms in total. The van der Waals surface area contributed by atoms with Crippen LogP contribution in [0.5, 0.6) is 11.5 Å². The molecule has 0 aliphatic carbocycles. The lowest BCUT2D eigenvalue weighted by Gasteiger charge is -2.23. The van der Waals surface area contributed by atoms with Gasteiger partial charge in [-0.25, -0.2) is 0 Å². The van der Waals surface area contributed by atoms with E-state index in [0.29, 0.717) is 29.5 Å². The lowest BCUT2D eigenvalue weighted by atomic mass is 9.90. The van der Waals surface area contributed by atoms with Crippen LogP contribution in [0, 0.1) is 0 Å². The van der Waals surface area contributed by atoms with Gasteiger partial charge in [-0.2, -0.15) is 0 Å². The summed E-state index contributed by atoms with van der Waals surface area (Å²) in [6.07, 6.45) is 0.427. The molecule has 0 unspecified atom stereocenters. The zero-order valence-electron chi connectivity index (χ0n) is 14.7. The average molecular weight is 400 g/mol. The average Bonchev–Trinajstić information content (AvgIpc) is 3.15. The number of nitrogens with one attached hydrogen (secondary N) is 1. The van der Waals surface area contributed by atoms with Crippen molar-refractivity contribution in [1.29, 1.82) is 0 Å². The molecule has 1 aromatic heterocycles. The second-order valence-electron chi connectivity index (χ2n) is 6.29. The quantitative estimate of drug-likeness (QED) is 0.619. The number of benzene rings is 2. The Bertz CT molecular complexity index is 985. The molecule has 6 heteroatoms. The van der Waals surface area contributed by atoms with Crippen LogP contribution in [-0.4, -0.2) is 13.0 Å². The molecule has 1 atom stereocenters. The second-order valence-corrected chi connectivity index (χ2v) is 7.65. The molecule has 0 radical (unpaired) electrons. The molecule has 1 N–H and O–H groups in total. The van der Waals surface area contributed by atoms with Gasteiger partial charge in [0.1, 0.15) is 6.61 Å². The molecule has 1 aliphatic heterocycles. The van der Waals surface area contributed by atoms with Crippen molar-refractivity contribution < 1.29 is 14.3 Å². The predicted octanol–water partition coefficient (Wildman–Crippen LogP) is 5.46. The number of carbonyl (C=O) groups is 1. The summed E-state index contributed by atoms with van der Waals surface area (Å²) in [6, 6.07) is 15.4. The molecule has 27 heavy (non-hydrogen) atoms. The highest BCUT2D eigenvalue weighted by Gasteiger charge is 2.28. The molecule has 0 spiro atoms. The number of hydrogen-bond acceptors (Lipinski definition) is 4. The number of ether oxygens (including phenoxy) is 2. The fourth-order valence-corrected chi connectivity index (χ4v) is 4.40. The van der Waals surface area contributed by atoms with Crippen LogP contribution < -0.4 is 14.8 Å². The minimum Gasteiger partial charge on any atom is -0.493 e. The van der Waals surface area contributed by atoms with E-state index in [2.05, 4.69) is 5.32 Å². The molecule has 0 saturated heterocycles. The number of amides is 1. The highest BCUT2D eigenvalue weighted by molar-refractivity contribution is 7.10. The lowest BCUT2D eigenvalue weighted by molar-refractivity contribution is -0.116. The second kappa shape index (κ2) is 7.62. The predicted molar refractivity (Wildman–Crippen MR) is 108 cm³/mol. The fraction of sp³-hybridized carbons (Fsp3) is 0.190. The highest BCUT2D eigenvalue weighted by Crippen LogP contribution is 2.42. The van der Waals surface area contributed by atoms with Crippen molar-refractivity contribution in [2.45, 2.75) is 18.9 Å². The number of fused-ring (bicyclic) bond motifs is 1. The van der Waals surface area contributed by atoms with Gasteiger partial charge in [0.15, 0.2) is 11.5 Å². The summed E-state index contributed by atoms with van der Waals surface area (Å²) in [7, 11) is 1.62. The molecular formula is C21H18ClNO3S. The minimum absolute atomic E-state index is 0.0280. The first-order chi connectivity index (χ1) is 13.2. The van der Waals surface area contributed by atoms with Crippen LogP contribution in [0.1, 0.15) is 28.3 Å². The van der Waals surface area contributed by atoms with Gasteiger partial charge in [0, 0.05) is 27.8 Å². The molecule has 3 aromatic rings. The van der Waals surface area contributed by atoms with Gasteiger partial charge in [0.25, 0.3) is 0 Å². The first-order valence-electron chi connectivity index (χ1n) is 8.57. The number of halogens is 1. The van der Waals surface area contributed by atoms with Crippen LogP contribution in [0.4, 0.5) is 5.69 Å². The van der Waals surface area contributed by atoms with Crippen molar-refractivity contribution in [3.63, 3.8) is 0 Å². The molecule has 1 aliphatic rings. The van der Waals surface area contributed by atoms with Gasteiger partial charge in [-0.15, -0.1) is 11.3 Å². The van der Waals surface area contributed by atoms with Crippen LogP contribution in [0.3, 0.4) is 0 Å². The van der Waals surface area contributed by atoms with E-state index in [1.165, 1.54) is 4.88 Å². The van der Waals surface area contributed by atoms with E-state index < -0.39 is 0 Å². The molecule has 2 heterocycles. The van der Waals surface area contributed by atoms with Gasteiger partial charge >= 0.3 is 0 Å². The number of rotatable bonds is 5. The summed E-state index contributed by atoms with van der Waals surface area (Å²) in [4.78, 5) is 13.2. The number of anilines is 1. The smallest absolute Gasteiger partial charge is 0.225 e. The first kappa shape index (κ1) is 17.9. The minimum atomic E-state index is 0.0280. The van der Waals surface area contributed by atoms with E-state index in [4.69, 9.17) is 21.1 Å². The third-order valence-corrected chi connectivity index (χ3v) is 6.01. The van der Waals surface area contributed by atoms with Crippen molar-refractivity contribution in [1.82, 2.24) is 0 Å². The molecule has 2 aromatic carbocycles. The SMILES string of the molecule is COc1cc([C@H]2CC(=O)Nc3ccsc32)ccc1OCc1ccccc1Cl. The summed E-state index contributed by atoms with van der Waals surface area (Å²) < 4.78 is 11.5. The number of hydrogen-bond donors (Lipinski definition) is 1. The number of thiophene rings is 1. The number of carbonyl (C=O) groups excluding carboxylic acids is 1. The van der Waals surface area contributed by atoms with Crippen molar-refractivity contribution in [2.24, 2.45) is 0 Å². The summed E-state index contributed by atoms with van der Waals surface area (Å²) in [5.41, 5.74) is 2.85. The van der Waals surface area contributed by atoms with Crippen LogP contribution in [0.2, 0.25) is 5.02 Å². The Morgan fingerprint density at radius 3 is 2.85 bits per heavy atom. The molecule has 0 saturated carbocycles. The maximum Gasteiger partial charge on any atom is 0.225 e. The summed E-state index contributed by atoms with van der Waals surface area (Å²) in [5, 5.41) is 5.60. The third-order valence-electron chi connectivity index (χ3n) is 4.61. The topological polar surface area (TPSA) is 47.6 Å². The maximum absolute atomic E-state index is 12.0. The number of methoxy groups -OCH3 is 1. The Kier molecular flexibility index (Phi) is 5.05. The Balaban J connectivity index is 1.59. The van der Waals surface area contributed by atoms with E-state index in [0.717, 1.165) is 16.8 Å². The normalized spacial score (nSPS) is 15.8. The van der Waals surface area contributed by atoms with Gasteiger partial charge in [-0.1, -0.05) is 35.9 Å². The molecule has 1 amide bonds. The molecule has 4 rings (SSSR count). The van der Waals surface area contributed by atoms with E-state index in [1.807, 2.05) is 53.9 Å². The van der Waals surface area contributed by atoms with Gasteiger partial charge in [-0.3, -0.25) is 4.79 Å². The molecule has 138 valence electrons. The van der Waals surface area contributed by atoms with Gasteiger partial charge < -0.3 is 14.8 Å². The largest absolute Gasteiger partial charge is 0.493 e. The third kappa shape index (κ3) is 3.66. The van der Waals surface area contributed by atoms with Crippen LogP contribution >= 0.6 is 22.9 Å². The standard InChI is InChI=1S/C21H18ClNO3S/c1-25-19-10-13(15-11-20(24)23-17-8-9-27-21(15)17)6-7-18(19)26-12-14-4-2-3-5-16(14)22/h2-10,15H,11-12H2,1H3,(H,23,24)/t15-/m1/s1. The Morgan fingerprint density at radius 2 is 2.04 bits per heavy atom. The highest BCUT2D eigenvalue weighted by atomic mass is 35.5. The molecule has 0 bridgehead atoms. The van der Waals surface area contributed by atoms with E-state index in [-0.39, 0.29) is 11.8 Å². The fourth-order valence-electron chi connectivity index (χ4n) is 3.23. The van der Waals surface area contributed by atoms with Gasteiger partial charge in [0.05, 0.1) is 12.8 Å². The maximum atomic E-state index is 12.0. The zero-order chi connectivity index (χ0) is 18.8. The lowest BCUT2D eigenvalue weighted by Crippen LogP contribution is -2.21. The van der Waals surface area contributed by atoms with E-state index >= 15 is 0 Å². The summed E-state index contributed by atoms with van der Waals surface area (Å²) >= 11 is 7.85. The van der Waals surface area contributed by atoms with Gasteiger partial charge in [-0.05, 0) is 35.2 Å². The van der Waals surface area contributed by atoms with Crippen LogP contribution in [0.25, 0.3) is 0 Å². The summed E-state index contributed by atoms with van der Waals surface area (Å²) in [6.45, 7) is 0.357. The summed E-state index contributed by atoms with van der Waals surface area (Å²) in [5.74, 6) is 1.35. The van der Waals surface area contributed by atoms with Crippen LogP contribution in [0.15, 0.2) is 53.9 Å². The Labute approximate surface area is 166 Å². The van der Waals surface area contributed by atoms with Crippen LogP contribution in [-0.2, 0) is 11.4 Å². The Hall–Kier alpha value is -2.50. The van der Waals surface area contributed by atoms with Crippen molar-refractivity contribution in [2.75, 3.05) is 12.4 Å².